The molecule has 1 aromatic carbocycles. The van der Waals surface area contributed by atoms with Crippen molar-refractivity contribution in [2.45, 2.75) is 17.7 Å². The summed E-state index contributed by atoms with van der Waals surface area (Å²) < 4.78 is 41.1. The van der Waals surface area contributed by atoms with Crippen LogP contribution < -0.4 is 5.32 Å². The lowest BCUT2D eigenvalue weighted by Gasteiger charge is -2.19. The van der Waals surface area contributed by atoms with Crippen LogP contribution in [0.15, 0.2) is 25.9 Å². The van der Waals surface area contributed by atoms with Gasteiger partial charge in [0.15, 0.2) is 0 Å². The Morgan fingerprint density at radius 1 is 1.41 bits per heavy atom. The van der Waals surface area contributed by atoms with Gasteiger partial charge < -0.3 is 5.32 Å². The minimum Gasteiger partial charge on any atom is -0.341 e. The second-order valence-corrected chi connectivity index (χ2v) is 6.54. The molecule has 2 aliphatic rings. The summed E-state index contributed by atoms with van der Waals surface area (Å²) in [4.78, 5) is -0.117. The predicted molar refractivity (Wildman–Crippen MR) is 65.1 cm³/mol. The number of benzene rings is 1. The van der Waals surface area contributed by atoms with E-state index >= 15 is 0 Å². The van der Waals surface area contributed by atoms with E-state index in [1.165, 1.54) is 6.07 Å². The number of fused-ring (bicyclic) bond motifs is 1. The molecule has 1 saturated carbocycles. The molecule has 3 rings (SSSR count). The maximum atomic E-state index is 13.2. The molecule has 0 atom stereocenters. The number of sulfonamides is 1. The highest BCUT2D eigenvalue weighted by molar-refractivity contribution is 9.10. The molecule has 0 unspecified atom stereocenters. The van der Waals surface area contributed by atoms with Crippen molar-refractivity contribution < 1.29 is 12.8 Å². The summed E-state index contributed by atoms with van der Waals surface area (Å²) in [6, 6.07) is 2.22. The van der Waals surface area contributed by atoms with Gasteiger partial charge in [0.25, 0.3) is 10.0 Å². The summed E-state index contributed by atoms with van der Waals surface area (Å²) in [6.45, 7) is 0. The van der Waals surface area contributed by atoms with Crippen LogP contribution in [0.2, 0.25) is 0 Å². The monoisotopic (exact) mass is 318 g/mol. The highest BCUT2D eigenvalue weighted by Gasteiger charge is 2.35. The Labute approximate surface area is 106 Å². The van der Waals surface area contributed by atoms with Crippen LogP contribution in [0.25, 0.3) is 0 Å². The van der Waals surface area contributed by atoms with Crippen molar-refractivity contribution in [2.24, 2.45) is 10.3 Å². The smallest absolute Gasteiger partial charge is 0.286 e. The Morgan fingerprint density at radius 3 is 2.76 bits per heavy atom. The van der Waals surface area contributed by atoms with E-state index in [-0.39, 0.29) is 10.8 Å². The van der Waals surface area contributed by atoms with Crippen LogP contribution in [0, 0.1) is 11.7 Å². The molecule has 0 aromatic heterocycles. The topological polar surface area (TPSA) is 58.5 Å². The lowest BCUT2D eigenvalue weighted by atomic mass is 10.3. The van der Waals surface area contributed by atoms with Crippen LogP contribution in [0.5, 0.6) is 0 Å². The van der Waals surface area contributed by atoms with E-state index in [1.54, 1.807) is 0 Å². The van der Waals surface area contributed by atoms with E-state index in [0.717, 1.165) is 18.9 Å². The lowest BCUT2D eigenvalue weighted by molar-refractivity contribution is 0.591. The Morgan fingerprint density at radius 2 is 2.12 bits per heavy atom. The zero-order valence-electron chi connectivity index (χ0n) is 8.57. The fraction of sp³-hybridized carbons (Fsp3) is 0.300. The Balaban J connectivity index is 2.21. The van der Waals surface area contributed by atoms with Gasteiger partial charge in [-0.1, -0.05) is 0 Å². The van der Waals surface area contributed by atoms with Gasteiger partial charge in [0.1, 0.15) is 16.5 Å². The van der Waals surface area contributed by atoms with Crippen LogP contribution in [0.3, 0.4) is 0 Å². The summed E-state index contributed by atoms with van der Waals surface area (Å²) in [5.41, 5.74) is 0.378. The summed E-state index contributed by atoms with van der Waals surface area (Å²) >= 11 is 3.16. The van der Waals surface area contributed by atoms with Crippen molar-refractivity contribution in [2.75, 3.05) is 5.32 Å². The first-order valence-electron chi connectivity index (χ1n) is 5.08. The van der Waals surface area contributed by atoms with Crippen LogP contribution in [-0.4, -0.2) is 14.3 Å². The number of amidine groups is 1. The molecule has 0 saturated heterocycles. The largest absolute Gasteiger partial charge is 0.341 e. The maximum absolute atomic E-state index is 13.2. The fourth-order valence-electron chi connectivity index (χ4n) is 1.74. The molecule has 0 amide bonds. The molecule has 0 bridgehead atoms. The molecule has 1 aromatic rings. The Kier molecular flexibility index (Phi) is 2.31. The first-order valence-corrected chi connectivity index (χ1v) is 7.31. The molecule has 0 radical (unpaired) electrons. The first-order chi connectivity index (χ1) is 7.97. The second-order valence-electron chi connectivity index (χ2n) is 4.11. The van der Waals surface area contributed by atoms with E-state index in [1.807, 2.05) is 0 Å². The molecule has 1 N–H and O–H groups in total. The quantitative estimate of drug-likeness (QED) is 0.865. The van der Waals surface area contributed by atoms with E-state index in [0.29, 0.717) is 16.0 Å². The summed E-state index contributed by atoms with van der Waals surface area (Å²) in [5, 5.41) is 2.97. The number of nitrogens with one attached hydrogen (secondary N) is 1. The van der Waals surface area contributed by atoms with Gasteiger partial charge in [0, 0.05) is 10.4 Å². The third-order valence-corrected chi connectivity index (χ3v) is 4.67. The Bertz CT molecular complexity index is 638. The van der Waals surface area contributed by atoms with Gasteiger partial charge in [-0.2, -0.15) is 8.42 Å². The van der Waals surface area contributed by atoms with Crippen LogP contribution in [-0.2, 0) is 10.0 Å². The van der Waals surface area contributed by atoms with Crippen molar-refractivity contribution in [3.63, 3.8) is 0 Å². The number of rotatable bonds is 1. The second kappa shape index (κ2) is 3.52. The molecule has 90 valence electrons. The normalized spacial score (nSPS) is 21.4. The molecule has 17 heavy (non-hydrogen) atoms. The summed E-state index contributed by atoms with van der Waals surface area (Å²) in [7, 11) is -3.79. The molecular weight excluding hydrogens is 311 g/mol. The molecular formula is C10H8BrFN2O2S. The average molecular weight is 319 g/mol. The van der Waals surface area contributed by atoms with E-state index in [2.05, 4.69) is 25.6 Å². The van der Waals surface area contributed by atoms with Crippen molar-refractivity contribution in [3.05, 3.63) is 22.4 Å². The molecule has 7 heteroatoms. The molecule has 0 spiro atoms. The van der Waals surface area contributed by atoms with E-state index < -0.39 is 15.8 Å². The predicted octanol–water partition coefficient (Wildman–Crippen LogP) is 2.51. The summed E-state index contributed by atoms with van der Waals surface area (Å²) in [6.07, 6.45) is 1.88. The number of nitrogens with zero attached hydrogens (tertiary/aromatic N) is 1. The first kappa shape index (κ1) is 11.2. The standard InChI is InChI=1S/C10H8BrFN2O2S/c11-7-3-6(12)4-8-9(7)13-10(5-1-2-5)14-17(8,15)16/h3-5H,1-2H2,(H,13,14). The molecule has 1 aliphatic heterocycles. The van der Waals surface area contributed by atoms with Crippen molar-refractivity contribution >= 4 is 37.5 Å². The molecule has 1 aliphatic carbocycles. The fourth-order valence-corrected chi connectivity index (χ4v) is 3.63. The van der Waals surface area contributed by atoms with Gasteiger partial charge in [0.05, 0.1) is 5.69 Å². The van der Waals surface area contributed by atoms with Crippen LogP contribution in [0.4, 0.5) is 10.1 Å². The number of halogens is 2. The lowest BCUT2D eigenvalue weighted by Crippen LogP contribution is -2.23. The molecule has 4 nitrogen and oxygen atoms in total. The van der Waals surface area contributed by atoms with E-state index in [4.69, 9.17) is 0 Å². The SMILES string of the molecule is O=S1(=O)N=C(C2CC2)Nc2c(Br)cc(F)cc21. The minimum atomic E-state index is -3.79. The molecule has 1 fully saturated rings. The maximum Gasteiger partial charge on any atom is 0.286 e. The zero-order valence-corrected chi connectivity index (χ0v) is 11.0. The average Bonchev–Trinajstić information content (AvgIpc) is 3.02. The van der Waals surface area contributed by atoms with Crippen molar-refractivity contribution in [1.29, 1.82) is 0 Å². The van der Waals surface area contributed by atoms with Crippen molar-refractivity contribution in [3.8, 4) is 0 Å². The van der Waals surface area contributed by atoms with Gasteiger partial charge in [-0.15, -0.1) is 4.40 Å². The third kappa shape index (κ3) is 1.87. The minimum absolute atomic E-state index is 0.117. The van der Waals surface area contributed by atoms with Crippen LogP contribution >= 0.6 is 15.9 Å². The number of hydrogen-bond donors (Lipinski definition) is 1. The third-order valence-electron chi connectivity index (χ3n) is 2.73. The van der Waals surface area contributed by atoms with Crippen LogP contribution in [0.1, 0.15) is 12.8 Å². The van der Waals surface area contributed by atoms with E-state index in [9.17, 15) is 12.8 Å². The van der Waals surface area contributed by atoms with Crippen molar-refractivity contribution in [1.82, 2.24) is 0 Å². The highest BCUT2D eigenvalue weighted by Crippen LogP contribution is 2.39. The number of hydrogen-bond acceptors (Lipinski definition) is 3. The van der Waals surface area contributed by atoms with Gasteiger partial charge in [-0.25, -0.2) is 4.39 Å². The highest BCUT2D eigenvalue weighted by atomic mass is 79.9. The van der Waals surface area contributed by atoms with Gasteiger partial charge in [-0.05, 0) is 40.9 Å². The number of anilines is 1. The van der Waals surface area contributed by atoms with Gasteiger partial charge in [-0.3, -0.25) is 0 Å². The molecule has 1 heterocycles. The summed E-state index contributed by atoms with van der Waals surface area (Å²) in [5.74, 6) is 0.0470. The Hall–Kier alpha value is -0.950. The zero-order chi connectivity index (χ0) is 12.2. The van der Waals surface area contributed by atoms with Gasteiger partial charge in [0.2, 0.25) is 0 Å². The van der Waals surface area contributed by atoms with Gasteiger partial charge >= 0.3 is 0 Å².